The van der Waals surface area contributed by atoms with Crippen LogP contribution in [0.2, 0.25) is 0 Å². The van der Waals surface area contributed by atoms with Gasteiger partial charge in [-0.1, -0.05) is 176 Å². The number of allylic oxidation sites excluding steroid dienone is 4. The van der Waals surface area contributed by atoms with Crippen LogP contribution in [-0.2, 0) is 5.41 Å². The summed E-state index contributed by atoms with van der Waals surface area (Å²) in [5.41, 5.74) is 14.2. The van der Waals surface area contributed by atoms with Gasteiger partial charge in [-0.15, -0.1) is 0 Å². The van der Waals surface area contributed by atoms with Crippen molar-refractivity contribution >= 4 is 5.57 Å². The minimum atomic E-state index is -0.529. The summed E-state index contributed by atoms with van der Waals surface area (Å²) in [5, 5.41) is 0. The zero-order valence-corrected chi connectivity index (χ0v) is 30.6. The van der Waals surface area contributed by atoms with Gasteiger partial charge in [0.2, 0.25) is 0 Å². The topological polar surface area (TPSA) is 47.9 Å². The van der Waals surface area contributed by atoms with Gasteiger partial charge in [0.05, 0.1) is 5.41 Å². The van der Waals surface area contributed by atoms with Gasteiger partial charge in [0, 0.05) is 33.4 Å². The van der Waals surface area contributed by atoms with Gasteiger partial charge in [-0.2, -0.15) is 0 Å². The Bertz CT molecular complexity index is 2840. The number of fused-ring (bicyclic) bond motifs is 9. The molecule has 0 fully saturated rings. The lowest BCUT2D eigenvalue weighted by Gasteiger charge is -2.40. The van der Waals surface area contributed by atoms with E-state index in [1.54, 1.807) is 0 Å². The third kappa shape index (κ3) is 5.03. The molecule has 56 heavy (non-hydrogen) atoms. The molecule has 1 aliphatic heterocycles. The molecule has 4 nitrogen and oxygen atoms in total. The number of hydrogen-bond acceptors (Lipinski definition) is 4. The van der Waals surface area contributed by atoms with Crippen molar-refractivity contribution in [3.05, 3.63) is 216 Å². The maximum Gasteiger partial charge on any atom is 0.164 e. The lowest BCUT2D eigenvalue weighted by Crippen LogP contribution is -2.32. The Morgan fingerprint density at radius 3 is 1.68 bits per heavy atom. The van der Waals surface area contributed by atoms with Crippen molar-refractivity contribution in [3.63, 3.8) is 0 Å². The Hall–Kier alpha value is -7.17. The first kappa shape index (κ1) is 32.3. The van der Waals surface area contributed by atoms with E-state index in [1.165, 1.54) is 33.4 Å². The molecule has 0 saturated heterocycles. The van der Waals surface area contributed by atoms with Crippen LogP contribution in [0.15, 0.2) is 188 Å². The van der Waals surface area contributed by atoms with Crippen LogP contribution in [0.25, 0.3) is 62.0 Å². The summed E-state index contributed by atoms with van der Waals surface area (Å²) in [5.74, 6) is 3.62. The SMILES string of the molecule is C1=CCCC(c2ccc(-c3nc(-c4ccccc4)nc(-c4cccc(-c5cccc6c5Oc5ccccc5C65c6ccccc6-c6ccccc65)c4)n3)cc2)=C1. The van der Waals surface area contributed by atoms with Crippen molar-refractivity contribution in [1.82, 2.24) is 15.0 Å². The molecule has 2 heterocycles. The predicted octanol–water partition coefficient (Wildman–Crippen LogP) is 12.7. The number of aromatic nitrogens is 3. The molecule has 0 bridgehead atoms. The molecule has 0 N–H and O–H groups in total. The molecule has 0 amide bonds. The Morgan fingerprint density at radius 1 is 0.429 bits per heavy atom. The van der Waals surface area contributed by atoms with E-state index in [0.29, 0.717) is 17.5 Å². The highest BCUT2D eigenvalue weighted by Crippen LogP contribution is 2.63. The third-order valence-corrected chi connectivity index (χ3v) is 11.5. The Balaban J connectivity index is 1.06. The molecule has 0 atom stereocenters. The van der Waals surface area contributed by atoms with E-state index < -0.39 is 5.41 Å². The fourth-order valence-electron chi connectivity index (χ4n) is 8.96. The van der Waals surface area contributed by atoms with Crippen LogP contribution in [0.3, 0.4) is 0 Å². The fourth-order valence-corrected chi connectivity index (χ4v) is 8.96. The first-order valence-electron chi connectivity index (χ1n) is 19.2. The van der Waals surface area contributed by atoms with Crippen LogP contribution < -0.4 is 4.74 Å². The molecule has 0 radical (unpaired) electrons. The Kier molecular flexibility index (Phi) is 7.49. The molecular formula is C52H35N3O. The summed E-state index contributed by atoms with van der Waals surface area (Å²) < 4.78 is 6.98. The van der Waals surface area contributed by atoms with Crippen LogP contribution >= 0.6 is 0 Å². The lowest BCUT2D eigenvalue weighted by atomic mass is 9.65. The van der Waals surface area contributed by atoms with E-state index in [2.05, 4.69) is 158 Å². The number of ether oxygens (including phenoxy) is 1. The zero-order chi connectivity index (χ0) is 37.1. The molecule has 1 spiro atoms. The number of para-hydroxylation sites is 2. The molecule has 4 heteroatoms. The zero-order valence-electron chi connectivity index (χ0n) is 30.6. The summed E-state index contributed by atoms with van der Waals surface area (Å²) in [6.07, 6.45) is 8.68. The Labute approximate surface area is 326 Å². The van der Waals surface area contributed by atoms with Crippen molar-refractivity contribution in [3.8, 4) is 67.9 Å². The average Bonchev–Trinajstić information content (AvgIpc) is 3.57. The standard InChI is InChI=1S/C52H35N3O/c1-3-15-34(16-4-1)35-29-31-37(32-30-35)50-53-49(36-17-5-2-6-18-36)54-51(55-50)39-20-13-19-38(33-39)40-23-14-27-46-48(40)56-47-28-12-11-26-45(47)52(46)43-24-9-7-21-41(43)42-22-8-10-25-44(42)52/h1-3,5-15,17-33H,4,16H2. The number of hydrogen-bond donors (Lipinski definition) is 0. The molecule has 1 aromatic heterocycles. The molecule has 7 aromatic carbocycles. The number of benzene rings is 7. The van der Waals surface area contributed by atoms with Gasteiger partial charge in [0.15, 0.2) is 17.5 Å². The molecule has 264 valence electrons. The quantitative estimate of drug-likeness (QED) is 0.178. The van der Waals surface area contributed by atoms with E-state index in [4.69, 9.17) is 19.7 Å². The first-order chi connectivity index (χ1) is 27.8. The van der Waals surface area contributed by atoms with Gasteiger partial charge >= 0.3 is 0 Å². The summed E-state index contributed by atoms with van der Waals surface area (Å²) >= 11 is 0. The second kappa shape index (κ2) is 13.0. The molecule has 0 unspecified atom stereocenters. The second-order valence-electron chi connectivity index (χ2n) is 14.6. The van der Waals surface area contributed by atoms with Crippen LogP contribution in [0.5, 0.6) is 11.5 Å². The highest BCUT2D eigenvalue weighted by atomic mass is 16.5. The predicted molar refractivity (Wildman–Crippen MR) is 225 cm³/mol. The maximum atomic E-state index is 6.98. The van der Waals surface area contributed by atoms with Crippen molar-refractivity contribution in [2.75, 3.05) is 0 Å². The summed E-state index contributed by atoms with van der Waals surface area (Å²) in [6, 6.07) is 60.0. The van der Waals surface area contributed by atoms with E-state index in [9.17, 15) is 0 Å². The minimum Gasteiger partial charge on any atom is -0.456 e. The van der Waals surface area contributed by atoms with Crippen molar-refractivity contribution in [2.24, 2.45) is 0 Å². The average molecular weight is 718 g/mol. The summed E-state index contributed by atoms with van der Waals surface area (Å²) in [6.45, 7) is 0. The maximum absolute atomic E-state index is 6.98. The van der Waals surface area contributed by atoms with Gasteiger partial charge in [-0.25, -0.2) is 15.0 Å². The fraction of sp³-hybridized carbons (Fsp3) is 0.0577. The van der Waals surface area contributed by atoms with Crippen LogP contribution in [0.4, 0.5) is 0 Å². The molecule has 3 aliphatic rings. The van der Waals surface area contributed by atoms with Crippen LogP contribution in [-0.4, -0.2) is 15.0 Å². The molecule has 8 aromatic rings. The van der Waals surface area contributed by atoms with E-state index in [0.717, 1.165) is 63.3 Å². The van der Waals surface area contributed by atoms with Crippen molar-refractivity contribution in [2.45, 2.75) is 18.3 Å². The smallest absolute Gasteiger partial charge is 0.164 e. The van der Waals surface area contributed by atoms with Crippen molar-refractivity contribution < 1.29 is 4.74 Å². The second-order valence-corrected chi connectivity index (χ2v) is 14.6. The van der Waals surface area contributed by atoms with E-state index in [-0.39, 0.29) is 0 Å². The van der Waals surface area contributed by atoms with Crippen LogP contribution in [0, 0.1) is 0 Å². The summed E-state index contributed by atoms with van der Waals surface area (Å²) in [4.78, 5) is 15.2. The molecule has 2 aliphatic carbocycles. The molecule has 11 rings (SSSR count). The van der Waals surface area contributed by atoms with Crippen molar-refractivity contribution in [1.29, 1.82) is 0 Å². The third-order valence-electron chi connectivity index (χ3n) is 11.5. The Morgan fingerprint density at radius 2 is 0.964 bits per heavy atom. The van der Waals surface area contributed by atoms with E-state index in [1.807, 2.05) is 30.3 Å². The van der Waals surface area contributed by atoms with Crippen LogP contribution in [0.1, 0.15) is 40.7 Å². The first-order valence-corrected chi connectivity index (χ1v) is 19.2. The highest BCUT2D eigenvalue weighted by Gasteiger charge is 2.51. The largest absolute Gasteiger partial charge is 0.456 e. The number of nitrogens with zero attached hydrogens (tertiary/aromatic N) is 3. The molecule has 0 saturated carbocycles. The van der Waals surface area contributed by atoms with Gasteiger partial charge in [-0.05, 0) is 63.9 Å². The van der Waals surface area contributed by atoms with Gasteiger partial charge in [0.1, 0.15) is 11.5 Å². The highest BCUT2D eigenvalue weighted by molar-refractivity contribution is 5.90. The number of rotatable bonds is 5. The van der Waals surface area contributed by atoms with E-state index >= 15 is 0 Å². The lowest BCUT2D eigenvalue weighted by molar-refractivity contribution is 0.438. The van der Waals surface area contributed by atoms with Gasteiger partial charge in [0.25, 0.3) is 0 Å². The van der Waals surface area contributed by atoms with Gasteiger partial charge in [-0.3, -0.25) is 0 Å². The summed E-state index contributed by atoms with van der Waals surface area (Å²) in [7, 11) is 0. The normalized spacial score (nSPS) is 14.2. The van der Waals surface area contributed by atoms with Gasteiger partial charge < -0.3 is 4.74 Å². The monoisotopic (exact) mass is 717 g/mol. The minimum absolute atomic E-state index is 0.529. The molecular weight excluding hydrogens is 683 g/mol.